The highest BCUT2D eigenvalue weighted by molar-refractivity contribution is 8.02. The zero-order chi connectivity index (χ0) is 26.5. The number of carboxylic acids is 1. The monoisotopic (exact) mass is 527 g/mol. The van der Waals surface area contributed by atoms with Crippen LogP contribution in [0.2, 0.25) is 0 Å². The van der Waals surface area contributed by atoms with Crippen molar-refractivity contribution in [1.29, 1.82) is 0 Å². The number of amides is 2. The predicted octanol–water partition coefficient (Wildman–Crippen LogP) is 1.99. The van der Waals surface area contributed by atoms with E-state index in [0.717, 1.165) is 5.52 Å². The number of hydrogen-bond acceptors (Lipinski definition) is 7. The lowest BCUT2D eigenvalue weighted by Crippen LogP contribution is -2.58. The highest BCUT2D eigenvalue weighted by Crippen LogP contribution is 2.66. The predicted molar refractivity (Wildman–Crippen MR) is 138 cm³/mol. The Kier molecular flexibility index (Phi) is 6.78. The summed E-state index contributed by atoms with van der Waals surface area (Å²) in [5.41, 5.74) is 1.48. The van der Waals surface area contributed by atoms with Crippen LogP contribution in [0.1, 0.15) is 33.1 Å². The summed E-state index contributed by atoms with van der Waals surface area (Å²) in [6.07, 6.45) is 3.56. The normalized spacial score (nSPS) is 29.9. The van der Waals surface area contributed by atoms with E-state index < -0.39 is 34.6 Å². The minimum Gasteiger partial charge on any atom is -0.481 e. The topological polar surface area (TPSA) is 129 Å². The fourth-order valence-corrected chi connectivity index (χ4v) is 8.75. The summed E-state index contributed by atoms with van der Waals surface area (Å²) < 4.78 is 0.803. The van der Waals surface area contributed by atoms with Crippen molar-refractivity contribution in [3.63, 3.8) is 0 Å². The molecule has 2 amide bonds. The fraction of sp³-hybridized carbons (Fsp3) is 0.577. The van der Waals surface area contributed by atoms with Crippen LogP contribution >= 0.6 is 11.8 Å². The van der Waals surface area contributed by atoms with E-state index >= 15 is 0 Å². The minimum absolute atomic E-state index is 0.0722. The van der Waals surface area contributed by atoms with E-state index in [0.29, 0.717) is 24.8 Å². The van der Waals surface area contributed by atoms with Crippen LogP contribution in [0.25, 0.3) is 11.0 Å². The molecule has 2 aromatic rings. The lowest BCUT2D eigenvalue weighted by molar-refractivity contribution is -0.150. The Hall–Kier alpha value is -2.92. The summed E-state index contributed by atoms with van der Waals surface area (Å²) in [6.45, 7) is 7.78. The third-order valence-corrected chi connectivity index (χ3v) is 10.4. The van der Waals surface area contributed by atoms with Gasteiger partial charge in [-0.15, -0.1) is 23.4 Å². The number of likely N-dealkylation sites (tertiary alicyclic amines) is 1. The molecule has 37 heavy (non-hydrogen) atoms. The molecule has 11 heteroatoms. The van der Waals surface area contributed by atoms with Gasteiger partial charge in [-0.3, -0.25) is 14.4 Å². The molecule has 0 radical (unpaired) electrons. The molecule has 3 saturated heterocycles. The van der Waals surface area contributed by atoms with E-state index in [9.17, 15) is 24.6 Å². The average molecular weight is 528 g/mol. The summed E-state index contributed by atoms with van der Waals surface area (Å²) in [5, 5.41) is 28.7. The molecular weight excluding hydrogens is 494 g/mol. The summed E-state index contributed by atoms with van der Waals surface area (Å²) in [4.78, 5) is 43.9. The maximum absolute atomic E-state index is 14.5. The molecule has 1 aromatic heterocycles. The van der Waals surface area contributed by atoms with E-state index in [-0.39, 0.29) is 42.8 Å². The maximum Gasteiger partial charge on any atom is 0.308 e. The molecule has 198 valence electrons. The van der Waals surface area contributed by atoms with Crippen LogP contribution in [0, 0.1) is 17.8 Å². The van der Waals surface area contributed by atoms with Crippen molar-refractivity contribution in [2.45, 2.75) is 61.9 Å². The number of aliphatic hydroxyl groups excluding tert-OH is 1. The first-order chi connectivity index (χ1) is 17.8. The molecule has 3 aliphatic rings. The lowest BCUT2D eigenvalue weighted by atomic mass is 9.71. The number of aliphatic carboxylic acids is 1. The first-order valence-electron chi connectivity index (χ1n) is 12.8. The quantitative estimate of drug-likeness (QED) is 0.449. The number of carbonyl (C=O) groups excluding carboxylic acids is 2. The van der Waals surface area contributed by atoms with Crippen molar-refractivity contribution in [2.75, 3.05) is 13.2 Å². The van der Waals surface area contributed by atoms with Gasteiger partial charge in [-0.25, -0.2) is 4.68 Å². The van der Waals surface area contributed by atoms with Crippen LogP contribution < -0.4 is 0 Å². The summed E-state index contributed by atoms with van der Waals surface area (Å²) >= 11 is 1.49. The second-order valence-electron chi connectivity index (χ2n) is 10.3. The molecule has 2 bridgehead atoms. The van der Waals surface area contributed by atoms with Crippen LogP contribution in [0.5, 0.6) is 0 Å². The zero-order valence-electron chi connectivity index (χ0n) is 21.1. The molecule has 3 fully saturated rings. The van der Waals surface area contributed by atoms with Crippen molar-refractivity contribution in [2.24, 2.45) is 17.8 Å². The van der Waals surface area contributed by atoms with Gasteiger partial charge in [0.1, 0.15) is 18.2 Å². The fourth-order valence-electron chi connectivity index (χ4n) is 6.55. The van der Waals surface area contributed by atoms with E-state index in [2.05, 4.69) is 16.9 Å². The van der Waals surface area contributed by atoms with Gasteiger partial charge in [-0.2, -0.15) is 0 Å². The molecule has 3 aliphatic heterocycles. The lowest BCUT2D eigenvalue weighted by Gasteiger charge is -2.41. The SMILES string of the molecule is C=CCN(Cn1nnc2ccccc21)C(=O)C1N([C@@H](CO)[C@@H](C)CC)C(=O)[C@@H]2[C@H](C(=O)O)[C@@H]3CCC12S3. The molecule has 7 atom stereocenters. The zero-order valence-corrected chi connectivity index (χ0v) is 21.9. The number of hydrogen-bond donors (Lipinski definition) is 2. The smallest absolute Gasteiger partial charge is 0.308 e. The minimum atomic E-state index is -0.994. The number of carboxylic acid groups (broad SMARTS) is 1. The van der Waals surface area contributed by atoms with E-state index in [1.54, 1.807) is 20.6 Å². The molecule has 4 heterocycles. The van der Waals surface area contributed by atoms with E-state index in [1.807, 2.05) is 38.1 Å². The summed E-state index contributed by atoms with van der Waals surface area (Å²) in [6, 6.07) is 6.00. The number of para-hydroxylation sites is 1. The second-order valence-corrected chi connectivity index (χ2v) is 11.9. The second kappa shape index (κ2) is 9.75. The van der Waals surface area contributed by atoms with Crippen LogP contribution in [-0.4, -0.2) is 88.0 Å². The van der Waals surface area contributed by atoms with Gasteiger partial charge in [0, 0.05) is 11.8 Å². The van der Waals surface area contributed by atoms with Gasteiger partial charge < -0.3 is 20.0 Å². The maximum atomic E-state index is 14.5. The standard InChI is InChI=1S/C26H33N5O5S/c1-4-12-29(14-30-17-9-7-6-8-16(17)27-28-30)24(34)22-26-11-10-19(37-26)20(25(35)36)21(26)23(33)31(22)18(13-32)15(3)5-2/h4,6-9,15,18-22,32H,1,5,10-14H2,2-3H3,(H,35,36)/t15-,18-,19-,20+,21-,22?,26?/m0/s1. The number of aliphatic hydroxyl groups is 1. The van der Waals surface area contributed by atoms with Crippen molar-refractivity contribution in [3.05, 3.63) is 36.9 Å². The summed E-state index contributed by atoms with van der Waals surface area (Å²) in [5.74, 6) is -3.31. The first kappa shape index (κ1) is 25.7. The Balaban J connectivity index is 1.57. The third kappa shape index (κ3) is 3.85. The van der Waals surface area contributed by atoms with Crippen molar-refractivity contribution in [3.8, 4) is 0 Å². The molecule has 2 N–H and O–H groups in total. The number of carbonyl (C=O) groups is 3. The number of nitrogens with zero attached hydrogens (tertiary/aromatic N) is 5. The average Bonchev–Trinajstić information content (AvgIpc) is 3.64. The van der Waals surface area contributed by atoms with Crippen molar-refractivity contribution >= 4 is 40.6 Å². The van der Waals surface area contributed by atoms with Crippen molar-refractivity contribution in [1.82, 2.24) is 24.8 Å². The van der Waals surface area contributed by atoms with Gasteiger partial charge in [0.2, 0.25) is 11.8 Å². The van der Waals surface area contributed by atoms with E-state index in [4.69, 9.17) is 0 Å². The van der Waals surface area contributed by atoms with E-state index in [1.165, 1.54) is 11.8 Å². The molecule has 10 nitrogen and oxygen atoms in total. The molecular formula is C26H33N5O5S. The molecule has 1 aromatic carbocycles. The van der Waals surface area contributed by atoms with Gasteiger partial charge >= 0.3 is 5.97 Å². The number of thioether (sulfide) groups is 1. The molecule has 5 rings (SSSR count). The summed E-state index contributed by atoms with van der Waals surface area (Å²) in [7, 11) is 0. The van der Waals surface area contributed by atoms with Crippen molar-refractivity contribution < 1.29 is 24.6 Å². The van der Waals surface area contributed by atoms with Crippen LogP contribution in [0.15, 0.2) is 36.9 Å². The number of aromatic nitrogens is 3. The Bertz CT molecular complexity index is 1230. The van der Waals surface area contributed by atoms with Gasteiger partial charge in [0.05, 0.1) is 34.7 Å². The number of rotatable bonds is 10. The Labute approximate surface area is 219 Å². The Morgan fingerprint density at radius 3 is 2.81 bits per heavy atom. The molecule has 0 saturated carbocycles. The molecule has 1 spiro atoms. The molecule has 0 aliphatic carbocycles. The van der Waals surface area contributed by atoms with Gasteiger partial charge in [0.25, 0.3) is 0 Å². The molecule has 2 unspecified atom stereocenters. The largest absolute Gasteiger partial charge is 0.481 e. The van der Waals surface area contributed by atoms with Gasteiger partial charge in [-0.05, 0) is 30.9 Å². The Morgan fingerprint density at radius 2 is 2.14 bits per heavy atom. The number of benzene rings is 1. The first-order valence-corrected chi connectivity index (χ1v) is 13.7. The van der Waals surface area contributed by atoms with Crippen LogP contribution in [0.3, 0.4) is 0 Å². The Morgan fingerprint density at radius 1 is 1.38 bits per heavy atom. The van der Waals surface area contributed by atoms with Gasteiger partial charge in [-0.1, -0.05) is 43.7 Å². The number of fused-ring (bicyclic) bond motifs is 2. The third-order valence-electron chi connectivity index (χ3n) is 8.49. The highest BCUT2D eigenvalue weighted by Gasteiger charge is 2.74. The van der Waals surface area contributed by atoms with Crippen LogP contribution in [-0.2, 0) is 21.1 Å². The highest BCUT2D eigenvalue weighted by atomic mass is 32.2. The van der Waals surface area contributed by atoms with Crippen LogP contribution in [0.4, 0.5) is 0 Å². The van der Waals surface area contributed by atoms with Gasteiger partial charge in [0.15, 0.2) is 0 Å².